The largest absolute Gasteiger partial charge is 0.383 e. The monoisotopic (exact) mass is 420 g/mol. The summed E-state index contributed by atoms with van der Waals surface area (Å²) >= 11 is 1.49. The van der Waals surface area contributed by atoms with E-state index in [1.54, 1.807) is 12.1 Å². The number of carbonyl (C=O) groups excluding carboxylic acids is 1. The summed E-state index contributed by atoms with van der Waals surface area (Å²) in [6.07, 6.45) is 6.99. The van der Waals surface area contributed by atoms with Crippen LogP contribution >= 0.6 is 11.8 Å². The van der Waals surface area contributed by atoms with Crippen LogP contribution in [0.25, 0.3) is 0 Å². The van der Waals surface area contributed by atoms with E-state index in [9.17, 15) is 10.1 Å². The normalized spacial score (nSPS) is 10.5. The molecule has 0 atom stereocenters. The average molecular weight is 421 g/mol. The Bertz CT molecular complexity index is 1040. The minimum Gasteiger partial charge on any atom is -0.383 e. The van der Waals surface area contributed by atoms with Crippen molar-refractivity contribution in [1.82, 2.24) is 14.8 Å². The number of carbonyl (C=O) groups is 1. The van der Waals surface area contributed by atoms with Gasteiger partial charge in [-0.25, -0.2) is 4.98 Å². The van der Waals surface area contributed by atoms with Crippen LogP contribution in [-0.4, -0.2) is 26.4 Å². The smallest absolute Gasteiger partial charge is 0.259 e. The van der Waals surface area contributed by atoms with Gasteiger partial charge >= 0.3 is 0 Å². The van der Waals surface area contributed by atoms with Crippen LogP contribution in [0.15, 0.2) is 53.8 Å². The van der Waals surface area contributed by atoms with Crippen LogP contribution in [0.4, 0.5) is 11.5 Å². The van der Waals surface area contributed by atoms with E-state index in [1.165, 1.54) is 23.4 Å². The topological polar surface area (TPSA) is 110 Å². The molecule has 0 aliphatic rings. The van der Waals surface area contributed by atoms with Gasteiger partial charge in [0.05, 0.1) is 17.3 Å². The first-order chi connectivity index (χ1) is 14.6. The molecule has 3 rings (SSSR count). The van der Waals surface area contributed by atoms with Crippen molar-refractivity contribution >= 4 is 29.2 Å². The molecule has 30 heavy (non-hydrogen) atoms. The molecule has 0 aliphatic carbocycles. The zero-order valence-electron chi connectivity index (χ0n) is 16.8. The Morgan fingerprint density at radius 3 is 2.77 bits per heavy atom. The maximum Gasteiger partial charge on any atom is 0.259 e. The fourth-order valence-corrected chi connectivity index (χ4v) is 3.88. The van der Waals surface area contributed by atoms with Gasteiger partial charge in [-0.1, -0.05) is 24.6 Å². The predicted molar refractivity (Wildman–Crippen MR) is 119 cm³/mol. The number of aryl methyl sites for hydroxylation is 2. The molecule has 0 aliphatic heterocycles. The highest BCUT2D eigenvalue weighted by Crippen LogP contribution is 2.26. The van der Waals surface area contributed by atoms with Gasteiger partial charge in [-0.2, -0.15) is 10.4 Å². The molecule has 0 spiro atoms. The number of nitrogens with one attached hydrogen (secondary N) is 1. The fourth-order valence-electron chi connectivity index (χ4n) is 2.91. The van der Waals surface area contributed by atoms with Crippen molar-refractivity contribution in [2.45, 2.75) is 37.8 Å². The number of amides is 1. The maximum absolute atomic E-state index is 12.5. The molecule has 1 aromatic carbocycles. The SMILES string of the molecule is Cc1cnn(CCCCCSc2nc(N)c(C(=O)Nc3ccccc3)cc2C#N)c1. The summed E-state index contributed by atoms with van der Waals surface area (Å²) in [5, 5.41) is 17.1. The first-order valence-electron chi connectivity index (χ1n) is 9.75. The molecule has 0 unspecified atom stereocenters. The Kier molecular flexibility index (Phi) is 7.46. The summed E-state index contributed by atoms with van der Waals surface area (Å²) in [7, 11) is 0. The van der Waals surface area contributed by atoms with Crippen molar-refractivity contribution < 1.29 is 4.79 Å². The molecule has 1 amide bonds. The number of nitrogens with two attached hydrogens (primary N) is 1. The third-order valence-corrected chi connectivity index (χ3v) is 5.52. The Morgan fingerprint density at radius 1 is 1.27 bits per heavy atom. The number of aromatic nitrogens is 3. The van der Waals surface area contributed by atoms with Crippen molar-refractivity contribution in [2.75, 3.05) is 16.8 Å². The van der Waals surface area contributed by atoms with Crippen molar-refractivity contribution in [2.24, 2.45) is 0 Å². The number of nitrogens with zero attached hydrogens (tertiary/aromatic N) is 4. The number of hydrogen-bond acceptors (Lipinski definition) is 6. The molecule has 0 fully saturated rings. The van der Waals surface area contributed by atoms with Crippen LogP contribution in [0.1, 0.15) is 40.7 Å². The third-order valence-electron chi connectivity index (χ3n) is 4.45. The zero-order valence-corrected chi connectivity index (χ0v) is 17.7. The zero-order chi connectivity index (χ0) is 21.3. The highest BCUT2D eigenvalue weighted by Gasteiger charge is 2.16. The number of nitrogen functional groups attached to an aromatic ring is 1. The highest BCUT2D eigenvalue weighted by atomic mass is 32.2. The number of unbranched alkanes of at least 4 members (excludes halogenated alkanes) is 2. The molecule has 8 heteroatoms. The Balaban J connectivity index is 1.53. The van der Waals surface area contributed by atoms with E-state index < -0.39 is 0 Å². The molecule has 3 aromatic rings. The van der Waals surface area contributed by atoms with Gasteiger partial charge < -0.3 is 11.1 Å². The van der Waals surface area contributed by atoms with Gasteiger partial charge in [0.15, 0.2) is 0 Å². The van der Waals surface area contributed by atoms with E-state index in [2.05, 4.69) is 21.5 Å². The van der Waals surface area contributed by atoms with Crippen molar-refractivity contribution in [1.29, 1.82) is 5.26 Å². The summed E-state index contributed by atoms with van der Waals surface area (Å²) in [5.74, 6) is 0.571. The second kappa shape index (κ2) is 10.5. The molecule has 7 nitrogen and oxygen atoms in total. The molecule has 3 N–H and O–H groups in total. The van der Waals surface area contributed by atoms with Gasteiger partial charge in [0.2, 0.25) is 0 Å². The second-order valence-corrected chi connectivity index (χ2v) is 7.98. The molecular formula is C22H24N6OS. The molecule has 0 saturated carbocycles. The summed E-state index contributed by atoms with van der Waals surface area (Å²) in [6, 6.07) is 12.7. The molecule has 2 heterocycles. The Hall–Kier alpha value is -3.31. The van der Waals surface area contributed by atoms with Crippen LogP contribution < -0.4 is 11.1 Å². The van der Waals surface area contributed by atoms with E-state index in [1.807, 2.05) is 42.2 Å². The molecule has 2 aromatic heterocycles. The minimum atomic E-state index is -0.381. The van der Waals surface area contributed by atoms with Gasteiger partial charge in [-0.05, 0) is 49.3 Å². The summed E-state index contributed by atoms with van der Waals surface area (Å²) in [4.78, 5) is 16.8. The number of thioether (sulfide) groups is 1. The lowest BCUT2D eigenvalue weighted by molar-refractivity contribution is 0.102. The second-order valence-electron chi connectivity index (χ2n) is 6.90. The maximum atomic E-state index is 12.5. The lowest BCUT2D eigenvalue weighted by Gasteiger charge is -2.10. The van der Waals surface area contributed by atoms with Crippen molar-refractivity contribution in [3.05, 3.63) is 65.5 Å². The standard InChI is InChI=1S/C22H24N6OS/c1-16-14-25-28(15-16)10-6-3-7-11-30-22-17(13-23)12-19(20(24)27-22)21(29)26-18-8-4-2-5-9-18/h2,4-5,8-9,12,14-15H,3,6-7,10-11H2,1H3,(H2,24,27)(H,26,29). The van der Waals surface area contributed by atoms with Gasteiger partial charge in [-0.3, -0.25) is 9.48 Å². The summed E-state index contributed by atoms with van der Waals surface area (Å²) in [6.45, 7) is 2.93. The molecular weight excluding hydrogens is 396 g/mol. The molecule has 0 radical (unpaired) electrons. The predicted octanol–water partition coefficient (Wildman–Crippen LogP) is 4.26. The summed E-state index contributed by atoms with van der Waals surface area (Å²) in [5.41, 5.74) is 8.40. The highest BCUT2D eigenvalue weighted by molar-refractivity contribution is 7.99. The van der Waals surface area contributed by atoms with Crippen molar-refractivity contribution in [3.8, 4) is 6.07 Å². The number of rotatable bonds is 9. The fraction of sp³-hybridized carbons (Fsp3) is 0.273. The van der Waals surface area contributed by atoms with Crippen LogP contribution in [0.5, 0.6) is 0 Å². The number of pyridine rings is 1. The molecule has 0 saturated heterocycles. The number of nitriles is 1. The Labute approximate surface area is 180 Å². The van der Waals surface area contributed by atoms with Gasteiger partial charge in [0.1, 0.15) is 16.9 Å². The number of anilines is 2. The van der Waals surface area contributed by atoms with Crippen LogP contribution in [0.3, 0.4) is 0 Å². The molecule has 0 bridgehead atoms. The molecule has 154 valence electrons. The number of para-hydroxylation sites is 1. The first kappa shape index (κ1) is 21.4. The van der Waals surface area contributed by atoms with Crippen LogP contribution in [-0.2, 0) is 6.54 Å². The number of hydrogen-bond donors (Lipinski definition) is 2. The van der Waals surface area contributed by atoms with Gasteiger partial charge in [0.25, 0.3) is 5.91 Å². The van der Waals surface area contributed by atoms with Crippen molar-refractivity contribution in [3.63, 3.8) is 0 Å². The van der Waals surface area contributed by atoms with Crippen LogP contribution in [0, 0.1) is 18.3 Å². The lowest BCUT2D eigenvalue weighted by Crippen LogP contribution is -2.15. The van der Waals surface area contributed by atoms with E-state index in [0.717, 1.165) is 31.6 Å². The van der Waals surface area contributed by atoms with Crippen LogP contribution in [0.2, 0.25) is 0 Å². The third kappa shape index (κ3) is 5.84. The van der Waals surface area contributed by atoms with Gasteiger partial charge in [0, 0.05) is 18.4 Å². The first-order valence-corrected chi connectivity index (χ1v) is 10.7. The van der Waals surface area contributed by atoms with Gasteiger partial charge in [-0.15, -0.1) is 11.8 Å². The number of benzene rings is 1. The summed E-state index contributed by atoms with van der Waals surface area (Å²) < 4.78 is 1.96. The average Bonchev–Trinajstić information content (AvgIpc) is 3.16. The van der Waals surface area contributed by atoms with E-state index in [4.69, 9.17) is 5.73 Å². The van der Waals surface area contributed by atoms with E-state index in [0.29, 0.717) is 16.3 Å². The van der Waals surface area contributed by atoms with E-state index in [-0.39, 0.29) is 17.3 Å². The van der Waals surface area contributed by atoms with E-state index >= 15 is 0 Å². The lowest BCUT2D eigenvalue weighted by atomic mass is 10.2. The minimum absolute atomic E-state index is 0.124. The Morgan fingerprint density at radius 2 is 2.07 bits per heavy atom. The quantitative estimate of drug-likeness (QED) is 0.395.